The van der Waals surface area contributed by atoms with Gasteiger partial charge in [0.25, 0.3) is 0 Å². The molecule has 1 aliphatic heterocycles. The lowest BCUT2D eigenvalue weighted by atomic mass is 10.3. The van der Waals surface area contributed by atoms with Crippen LogP contribution in [0.2, 0.25) is 5.02 Å². The molecule has 1 aliphatic rings. The van der Waals surface area contributed by atoms with Crippen molar-refractivity contribution in [2.24, 2.45) is 0 Å². The normalized spacial score (nSPS) is 17.4. The first-order chi connectivity index (χ1) is 12.0. The van der Waals surface area contributed by atoms with E-state index in [-0.39, 0.29) is 16.0 Å². The summed E-state index contributed by atoms with van der Waals surface area (Å²) in [5, 5.41) is 15.0. The molecule has 2 heterocycles. The van der Waals surface area contributed by atoms with Crippen molar-refractivity contribution in [1.29, 1.82) is 5.26 Å². The molecule has 1 saturated heterocycles. The van der Waals surface area contributed by atoms with E-state index in [1.807, 2.05) is 11.6 Å². The molecule has 0 amide bonds. The Balaban J connectivity index is 1.73. The zero-order valence-electron chi connectivity index (χ0n) is 13.1. The van der Waals surface area contributed by atoms with E-state index in [2.05, 4.69) is 15.0 Å². The summed E-state index contributed by atoms with van der Waals surface area (Å²) in [6.45, 7) is 1.42. The van der Waals surface area contributed by atoms with Crippen LogP contribution in [0.1, 0.15) is 11.4 Å². The number of thiazole rings is 1. The molecule has 1 unspecified atom stereocenters. The van der Waals surface area contributed by atoms with Crippen molar-refractivity contribution in [1.82, 2.24) is 14.6 Å². The van der Waals surface area contributed by atoms with Crippen LogP contribution < -0.4 is 10.0 Å². The quantitative estimate of drug-likeness (QED) is 0.725. The Hall–Kier alpha value is -1.86. The molecule has 3 rings (SSSR count). The second-order valence-corrected chi connectivity index (χ2v) is 8.65. The smallest absolute Gasteiger partial charge is 0.242 e. The summed E-state index contributed by atoms with van der Waals surface area (Å²) in [5.41, 5.74) is 0.644. The number of benzene rings is 1. The van der Waals surface area contributed by atoms with Gasteiger partial charge in [-0.05, 0) is 24.6 Å². The minimum absolute atomic E-state index is 0.0220. The summed E-state index contributed by atoms with van der Waals surface area (Å²) in [6, 6.07) is 4.49. The monoisotopic (exact) mass is 397 g/mol. The molecular weight excluding hydrogens is 382 g/mol. The number of hydrogen-bond donors (Lipinski definition) is 2. The molecule has 10 heteroatoms. The van der Waals surface area contributed by atoms with Gasteiger partial charge in [-0.1, -0.05) is 11.6 Å². The van der Waals surface area contributed by atoms with Crippen molar-refractivity contribution >= 4 is 38.6 Å². The van der Waals surface area contributed by atoms with E-state index >= 15 is 0 Å². The summed E-state index contributed by atoms with van der Waals surface area (Å²) in [7, 11) is -3.77. The summed E-state index contributed by atoms with van der Waals surface area (Å²) in [5.74, 6) is 0. The first-order valence-electron chi connectivity index (χ1n) is 7.57. The average Bonchev–Trinajstić information content (AvgIpc) is 3.25. The summed E-state index contributed by atoms with van der Waals surface area (Å²) in [6.07, 6.45) is 4.33. The highest BCUT2D eigenvalue weighted by Crippen LogP contribution is 2.26. The van der Waals surface area contributed by atoms with Gasteiger partial charge in [0.15, 0.2) is 6.19 Å². The largest absolute Gasteiger partial charge is 0.378 e. The maximum atomic E-state index is 12.7. The highest BCUT2D eigenvalue weighted by Gasteiger charge is 2.28. The Morgan fingerprint density at radius 1 is 1.48 bits per heavy atom. The van der Waals surface area contributed by atoms with Crippen LogP contribution in [-0.4, -0.2) is 37.4 Å². The Bertz CT molecular complexity index is 880. The van der Waals surface area contributed by atoms with Crippen LogP contribution in [0.15, 0.2) is 34.7 Å². The van der Waals surface area contributed by atoms with Gasteiger partial charge in [-0.2, -0.15) is 5.26 Å². The number of anilines is 1. The molecule has 7 nitrogen and oxygen atoms in total. The van der Waals surface area contributed by atoms with Crippen LogP contribution in [-0.2, 0) is 16.6 Å². The molecule has 1 aromatic carbocycles. The number of nitriles is 1. The number of sulfonamides is 1. The Morgan fingerprint density at radius 2 is 2.32 bits per heavy atom. The number of nitrogens with zero attached hydrogens (tertiary/aromatic N) is 3. The third kappa shape index (κ3) is 4.41. The average molecular weight is 398 g/mol. The Morgan fingerprint density at radius 3 is 3.00 bits per heavy atom. The maximum absolute atomic E-state index is 12.7. The molecule has 0 bridgehead atoms. The van der Waals surface area contributed by atoms with Crippen LogP contribution in [0.3, 0.4) is 0 Å². The highest BCUT2D eigenvalue weighted by molar-refractivity contribution is 7.89. The SMILES string of the molecule is N#CN1CCC(NS(=O)(=O)c2cc(NCc3nccs3)ccc2Cl)C1. The minimum atomic E-state index is -3.77. The fourth-order valence-electron chi connectivity index (χ4n) is 2.57. The topological polar surface area (TPSA) is 98.1 Å². The lowest BCUT2D eigenvalue weighted by Gasteiger charge is -2.15. The van der Waals surface area contributed by atoms with Crippen LogP contribution in [0.25, 0.3) is 0 Å². The summed E-state index contributed by atoms with van der Waals surface area (Å²) < 4.78 is 27.9. The van der Waals surface area contributed by atoms with Gasteiger partial charge in [0.2, 0.25) is 10.0 Å². The predicted octanol–water partition coefficient (Wildman–Crippen LogP) is 2.24. The standard InChI is InChI=1S/C15H16ClN5O2S2/c16-13-2-1-11(19-8-15-18-4-6-24-15)7-14(13)25(22,23)20-12-3-5-21(9-12)10-17/h1-2,4,6-7,12,19-20H,3,5,8-9H2. The number of aromatic nitrogens is 1. The van der Waals surface area contributed by atoms with E-state index in [0.717, 1.165) is 5.01 Å². The summed E-state index contributed by atoms with van der Waals surface area (Å²) >= 11 is 7.62. The lowest BCUT2D eigenvalue weighted by Crippen LogP contribution is -2.36. The van der Waals surface area contributed by atoms with Crippen LogP contribution >= 0.6 is 22.9 Å². The predicted molar refractivity (Wildman–Crippen MR) is 96.8 cm³/mol. The molecule has 0 radical (unpaired) electrons. The molecule has 132 valence electrons. The van der Waals surface area contributed by atoms with E-state index in [0.29, 0.717) is 31.7 Å². The van der Waals surface area contributed by atoms with Gasteiger partial charge in [-0.3, -0.25) is 0 Å². The fraction of sp³-hybridized carbons (Fsp3) is 0.333. The van der Waals surface area contributed by atoms with Crippen LogP contribution in [0.4, 0.5) is 5.69 Å². The highest BCUT2D eigenvalue weighted by atomic mass is 35.5. The number of nitrogens with one attached hydrogen (secondary N) is 2. The second kappa shape index (κ2) is 7.58. The minimum Gasteiger partial charge on any atom is -0.378 e. The van der Waals surface area contributed by atoms with Crippen LogP contribution in [0, 0.1) is 11.5 Å². The molecule has 0 saturated carbocycles. The van der Waals surface area contributed by atoms with E-state index in [1.165, 1.54) is 22.3 Å². The molecule has 2 N–H and O–H groups in total. The van der Waals surface area contributed by atoms with Gasteiger partial charge >= 0.3 is 0 Å². The van der Waals surface area contributed by atoms with Gasteiger partial charge in [0, 0.05) is 36.4 Å². The molecule has 0 aliphatic carbocycles. The van der Waals surface area contributed by atoms with Gasteiger partial charge in [0.1, 0.15) is 9.90 Å². The molecule has 1 aromatic heterocycles. The molecule has 1 fully saturated rings. The summed E-state index contributed by atoms with van der Waals surface area (Å²) in [4.78, 5) is 5.72. The van der Waals surface area contributed by atoms with E-state index in [9.17, 15) is 8.42 Å². The Kier molecular flexibility index (Phi) is 5.44. The van der Waals surface area contributed by atoms with E-state index < -0.39 is 10.0 Å². The van der Waals surface area contributed by atoms with Crippen molar-refractivity contribution in [3.8, 4) is 6.19 Å². The molecule has 0 spiro atoms. The van der Waals surface area contributed by atoms with Gasteiger partial charge < -0.3 is 10.2 Å². The molecule has 1 atom stereocenters. The zero-order chi connectivity index (χ0) is 17.9. The third-order valence-corrected chi connectivity index (χ3v) is 6.58. The van der Waals surface area contributed by atoms with Gasteiger partial charge in [0.05, 0.1) is 11.6 Å². The van der Waals surface area contributed by atoms with Crippen molar-refractivity contribution in [2.45, 2.75) is 23.9 Å². The Labute approximate surface area is 155 Å². The molecule has 2 aromatic rings. The number of rotatable bonds is 6. The number of halogens is 1. The van der Waals surface area contributed by atoms with Gasteiger partial charge in [-0.25, -0.2) is 18.1 Å². The van der Waals surface area contributed by atoms with Gasteiger partial charge in [-0.15, -0.1) is 11.3 Å². The first kappa shape index (κ1) is 17.9. The van der Waals surface area contributed by atoms with Crippen LogP contribution in [0.5, 0.6) is 0 Å². The van der Waals surface area contributed by atoms with Crippen molar-refractivity contribution in [2.75, 3.05) is 18.4 Å². The van der Waals surface area contributed by atoms with Crippen molar-refractivity contribution in [3.63, 3.8) is 0 Å². The van der Waals surface area contributed by atoms with Crippen molar-refractivity contribution < 1.29 is 8.42 Å². The lowest BCUT2D eigenvalue weighted by molar-refractivity contribution is 0.470. The third-order valence-electron chi connectivity index (χ3n) is 3.80. The fourth-order valence-corrected chi connectivity index (χ4v) is 4.91. The second-order valence-electron chi connectivity index (χ2n) is 5.58. The number of likely N-dealkylation sites (tertiary alicyclic amines) is 1. The van der Waals surface area contributed by atoms with Crippen molar-refractivity contribution in [3.05, 3.63) is 39.8 Å². The molecule has 25 heavy (non-hydrogen) atoms. The van der Waals surface area contributed by atoms with E-state index in [1.54, 1.807) is 18.3 Å². The molecular formula is C15H16ClN5O2S2. The maximum Gasteiger partial charge on any atom is 0.242 e. The zero-order valence-corrected chi connectivity index (χ0v) is 15.5. The number of hydrogen-bond acceptors (Lipinski definition) is 7. The first-order valence-corrected chi connectivity index (χ1v) is 10.3. The van der Waals surface area contributed by atoms with E-state index in [4.69, 9.17) is 16.9 Å².